The van der Waals surface area contributed by atoms with Crippen LogP contribution in [0.25, 0.3) is 0 Å². The molecule has 0 saturated carbocycles. The fraction of sp³-hybridized carbons (Fsp3) is 0.385. The standard InChI is InChI=1S/C13H16N2O6/c1-7(16)8-5-10(14-6-8)12(18)15-9(13(19)20)3-4-11(17)21-2/h5-6,9,14H,3-4H2,1-2H3,(H,15,18)(H,19,20)/t9-/m1/s1. The number of hydrogen-bond acceptors (Lipinski definition) is 5. The zero-order chi connectivity index (χ0) is 16.0. The van der Waals surface area contributed by atoms with Gasteiger partial charge in [-0.1, -0.05) is 0 Å². The molecule has 8 heteroatoms. The molecule has 0 aromatic carbocycles. The van der Waals surface area contributed by atoms with E-state index < -0.39 is 23.9 Å². The molecule has 21 heavy (non-hydrogen) atoms. The van der Waals surface area contributed by atoms with E-state index >= 15 is 0 Å². The minimum atomic E-state index is -1.26. The Hall–Kier alpha value is -2.64. The van der Waals surface area contributed by atoms with Gasteiger partial charge in [-0.15, -0.1) is 0 Å². The lowest BCUT2D eigenvalue weighted by Crippen LogP contribution is -2.41. The molecule has 0 aliphatic rings. The summed E-state index contributed by atoms with van der Waals surface area (Å²) in [6.45, 7) is 1.35. The Labute approximate surface area is 120 Å². The topological polar surface area (TPSA) is 126 Å². The van der Waals surface area contributed by atoms with E-state index in [1.54, 1.807) is 0 Å². The third kappa shape index (κ3) is 4.75. The van der Waals surface area contributed by atoms with Gasteiger partial charge in [0, 0.05) is 18.2 Å². The van der Waals surface area contributed by atoms with Crippen molar-refractivity contribution in [3.63, 3.8) is 0 Å². The molecule has 114 valence electrons. The lowest BCUT2D eigenvalue weighted by atomic mass is 10.1. The lowest BCUT2D eigenvalue weighted by Gasteiger charge is -2.13. The number of ketones is 1. The molecular weight excluding hydrogens is 280 g/mol. The number of carboxylic acids is 1. The van der Waals surface area contributed by atoms with E-state index in [0.29, 0.717) is 5.56 Å². The molecule has 0 spiro atoms. The van der Waals surface area contributed by atoms with E-state index in [1.165, 1.54) is 26.3 Å². The molecule has 0 saturated heterocycles. The first-order valence-electron chi connectivity index (χ1n) is 6.15. The molecule has 0 radical (unpaired) electrons. The molecule has 0 bridgehead atoms. The second-order valence-electron chi connectivity index (χ2n) is 4.34. The SMILES string of the molecule is COC(=O)CC[C@@H](NC(=O)c1cc(C(C)=O)c[nH]1)C(=O)O. The maximum absolute atomic E-state index is 11.9. The van der Waals surface area contributed by atoms with E-state index in [4.69, 9.17) is 5.11 Å². The van der Waals surface area contributed by atoms with Gasteiger partial charge in [-0.25, -0.2) is 4.79 Å². The number of aromatic amines is 1. The quantitative estimate of drug-likeness (QED) is 0.492. The number of ether oxygens (including phenoxy) is 1. The second-order valence-corrected chi connectivity index (χ2v) is 4.34. The molecule has 1 amide bonds. The van der Waals surface area contributed by atoms with Crippen LogP contribution in [0.3, 0.4) is 0 Å². The van der Waals surface area contributed by atoms with E-state index in [0.717, 1.165) is 0 Å². The van der Waals surface area contributed by atoms with E-state index in [2.05, 4.69) is 15.0 Å². The number of rotatable bonds is 7. The van der Waals surface area contributed by atoms with Gasteiger partial charge in [0.25, 0.3) is 5.91 Å². The molecule has 1 aromatic rings. The Kier molecular flexibility index (Phi) is 5.65. The van der Waals surface area contributed by atoms with Crippen molar-refractivity contribution >= 4 is 23.6 Å². The number of carbonyl (C=O) groups excluding carboxylic acids is 3. The molecule has 8 nitrogen and oxygen atoms in total. The number of H-pyrrole nitrogens is 1. The van der Waals surface area contributed by atoms with Crippen molar-refractivity contribution in [2.45, 2.75) is 25.8 Å². The van der Waals surface area contributed by atoms with Gasteiger partial charge in [0.15, 0.2) is 5.78 Å². The molecule has 1 atom stereocenters. The van der Waals surface area contributed by atoms with Crippen molar-refractivity contribution in [2.75, 3.05) is 7.11 Å². The number of nitrogens with one attached hydrogen (secondary N) is 2. The maximum Gasteiger partial charge on any atom is 0.326 e. The highest BCUT2D eigenvalue weighted by Gasteiger charge is 2.22. The first-order valence-corrected chi connectivity index (χ1v) is 6.15. The molecule has 0 unspecified atom stereocenters. The fourth-order valence-corrected chi connectivity index (χ4v) is 1.59. The van der Waals surface area contributed by atoms with Crippen LogP contribution in [0.4, 0.5) is 0 Å². The van der Waals surface area contributed by atoms with Crippen LogP contribution in [0.15, 0.2) is 12.3 Å². The number of Topliss-reactive ketones (excluding diaryl/α,β-unsaturated/α-hetero) is 1. The van der Waals surface area contributed by atoms with Crippen LogP contribution in [0.1, 0.15) is 40.6 Å². The number of methoxy groups -OCH3 is 1. The van der Waals surface area contributed by atoms with Gasteiger partial charge in [0.05, 0.1) is 7.11 Å². The summed E-state index contributed by atoms with van der Waals surface area (Å²) in [6, 6.07) is 0.109. The zero-order valence-electron chi connectivity index (χ0n) is 11.6. The molecule has 0 fully saturated rings. The summed E-state index contributed by atoms with van der Waals surface area (Å²) in [4.78, 5) is 47.6. The van der Waals surface area contributed by atoms with Crippen molar-refractivity contribution in [3.05, 3.63) is 23.5 Å². The fourth-order valence-electron chi connectivity index (χ4n) is 1.59. The third-order valence-electron chi connectivity index (χ3n) is 2.80. The maximum atomic E-state index is 11.9. The molecule has 0 aliphatic heterocycles. The highest BCUT2D eigenvalue weighted by Crippen LogP contribution is 2.06. The van der Waals surface area contributed by atoms with Crippen LogP contribution in [-0.2, 0) is 14.3 Å². The number of hydrogen-bond donors (Lipinski definition) is 3. The van der Waals surface area contributed by atoms with E-state index in [-0.39, 0.29) is 24.3 Å². The number of aromatic nitrogens is 1. The predicted octanol–water partition coefficient (Wildman–Crippen LogP) is 0.353. The third-order valence-corrected chi connectivity index (χ3v) is 2.80. The number of carbonyl (C=O) groups is 4. The van der Waals surface area contributed by atoms with Crippen molar-refractivity contribution in [3.8, 4) is 0 Å². The van der Waals surface area contributed by atoms with Gasteiger partial charge in [-0.3, -0.25) is 14.4 Å². The van der Waals surface area contributed by atoms with Crippen molar-refractivity contribution in [2.24, 2.45) is 0 Å². The van der Waals surface area contributed by atoms with Gasteiger partial charge >= 0.3 is 11.9 Å². The van der Waals surface area contributed by atoms with Crippen LogP contribution < -0.4 is 5.32 Å². The number of esters is 1. The Morgan fingerprint density at radius 2 is 2.05 bits per heavy atom. The average molecular weight is 296 g/mol. The zero-order valence-corrected chi connectivity index (χ0v) is 11.6. The highest BCUT2D eigenvalue weighted by atomic mass is 16.5. The van der Waals surface area contributed by atoms with Crippen LogP contribution in [0, 0.1) is 0 Å². The van der Waals surface area contributed by atoms with Gasteiger partial charge < -0.3 is 20.1 Å². The van der Waals surface area contributed by atoms with Crippen molar-refractivity contribution < 1.29 is 29.0 Å². The molecule has 3 N–H and O–H groups in total. The summed E-state index contributed by atoms with van der Waals surface area (Å²) in [6.07, 6.45) is 1.15. The lowest BCUT2D eigenvalue weighted by molar-refractivity contribution is -0.142. The van der Waals surface area contributed by atoms with Gasteiger partial charge in [0.2, 0.25) is 0 Å². The highest BCUT2D eigenvalue weighted by molar-refractivity contribution is 6.00. The summed E-state index contributed by atoms with van der Waals surface area (Å²) in [7, 11) is 1.19. The smallest absolute Gasteiger partial charge is 0.326 e. The van der Waals surface area contributed by atoms with Crippen molar-refractivity contribution in [1.29, 1.82) is 0 Å². The first kappa shape index (κ1) is 16.4. The van der Waals surface area contributed by atoms with Gasteiger partial charge in [0.1, 0.15) is 11.7 Å². The Balaban J connectivity index is 2.69. The van der Waals surface area contributed by atoms with Gasteiger partial charge in [-0.05, 0) is 19.4 Å². The second kappa shape index (κ2) is 7.22. The molecule has 1 rings (SSSR count). The van der Waals surface area contributed by atoms with Gasteiger partial charge in [-0.2, -0.15) is 0 Å². The normalized spacial score (nSPS) is 11.5. The number of carboxylic acid groups (broad SMARTS) is 1. The predicted molar refractivity (Wildman–Crippen MR) is 70.9 cm³/mol. The largest absolute Gasteiger partial charge is 0.480 e. The Morgan fingerprint density at radius 3 is 2.52 bits per heavy atom. The summed E-state index contributed by atoms with van der Waals surface area (Å²) in [5.41, 5.74) is 0.395. The van der Waals surface area contributed by atoms with Crippen molar-refractivity contribution in [1.82, 2.24) is 10.3 Å². The summed E-state index contributed by atoms with van der Waals surface area (Å²) < 4.78 is 4.41. The molecular formula is C13H16N2O6. The van der Waals surface area contributed by atoms with Crippen LogP contribution in [0.2, 0.25) is 0 Å². The number of aliphatic carboxylic acids is 1. The Bertz CT molecular complexity index is 563. The molecule has 0 aliphatic carbocycles. The first-order chi connectivity index (χ1) is 9.85. The Morgan fingerprint density at radius 1 is 1.38 bits per heavy atom. The summed E-state index contributed by atoms with van der Waals surface area (Å²) in [5.74, 6) is -2.70. The number of amides is 1. The van der Waals surface area contributed by atoms with Crippen LogP contribution in [-0.4, -0.2) is 46.9 Å². The van der Waals surface area contributed by atoms with E-state index in [9.17, 15) is 19.2 Å². The minimum absolute atomic E-state index is 0.0736. The van der Waals surface area contributed by atoms with Crippen LogP contribution in [0.5, 0.6) is 0 Å². The molecule has 1 aromatic heterocycles. The summed E-state index contributed by atoms with van der Waals surface area (Å²) in [5, 5.41) is 11.3. The molecule has 1 heterocycles. The average Bonchev–Trinajstić information content (AvgIpc) is 2.92. The van der Waals surface area contributed by atoms with E-state index in [1.807, 2.05) is 0 Å². The monoisotopic (exact) mass is 296 g/mol. The minimum Gasteiger partial charge on any atom is -0.480 e. The van der Waals surface area contributed by atoms with Crippen LogP contribution >= 0.6 is 0 Å². The summed E-state index contributed by atoms with van der Waals surface area (Å²) >= 11 is 0.